The molecular weight excluding hydrogens is 214 g/mol. The molecule has 0 radical (unpaired) electrons. The van der Waals surface area contributed by atoms with Gasteiger partial charge in [0, 0.05) is 0 Å². The second kappa shape index (κ2) is 5.82. The SMILES string of the molecule is COC(=O)C(NCCC1CC1)c1ccccc1. The van der Waals surface area contributed by atoms with Gasteiger partial charge in [0.15, 0.2) is 0 Å². The minimum atomic E-state index is -0.333. The molecule has 1 saturated carbocycles. The van der Waals surface area contributed by atoms with Gasteiger partial charge in [0.25, 0.3) is 0 Å². The molecule has 0 heterocycles. The Hall–Kier alpha value is -1.35. The molecule has 2 rings (SSSR count). The van der Waals surface area contributed by atoms with Crippen molar-refractivity contribution in [3.63, 3.8) is 0 Å². The summed E-state index contributed by atoms with van der Waals surface area (Å²) in [4.78, 5) is 11.7. The van der Waals surface area contributed by atoms with Crippen LogP contribution in [0.4, 0.5) is 0 Å². The molecule has 0 bridgehead atoms. The van der Waals surface area contributed by atoms with E-state index in [1.54, 1.807) is 0 Å². The van der Waals surface area contributed by atoms with Crippen molar-refractivity contribution in [3.05, 3.63) is 35.9 Å². The van der Waals surface area contributed by atoms with Crippen LogP contribution in [-0.4, -0.2) is 19.6 Å². The van der Waals surface area contributed by atoms with Gasteiger partial charge in [0.2, 0.25) is 0 Å². The molecule has 0 aromatic heterocycles. The number of rotatable bonds is 6. The number of methoxy groups -OCH3 is 1. The lowest BCUT2D eigenvalue weighted by Gasteiger charge is -2.16. The molecule has 1 aromatic carbocycles. The van der Waals surface area contributed by atoms with Crippen LogP contribution >= 0.6 is 0 Å². The summed E-state index contributed by atoms with van der Waals surface area (Å²) in [7, 11) is 1.43. The maximum absolute atomic E-state index is 11.7. The fraction of sp³-hybridized carbons (Fsp3) is 0.500. The molecule has 0 saturated heterocycles. The van der Waals surface area contributed by atoms with E-state index < -0.39 is 0 Å². The predicted octanol–water partition coefficient (Wildman–Crippen LogP) is 2.29. The topological polar surface area (TPSA) is 38.3 Å². The number of nitrogens with one attached hydrogen (secondary N) is 1. The van der Waals surface area contributed by atoms with Crippen LogP contribution in [0, 0.1) is 5.92 Å². The largest absolute Gasteiger partial charge is 0.468 e. The van der Waals surface area contributed by atoms with E-state index in [4.69, 9.17) is 4.74 Å². The van der Waals surface area contributed by atoms with Gasteiger partial charge in [-0.05, 0) is 24.4 Å². The van der Waals surface area contributed by atoms with Gasteiger partial charge in [-0.3, -0.25) is 0 Å². The standard InChI is InChI=1S/C14H19NO2/c1-17-14(16)13(12-5-3-2-4-6-12)15-10-9-11-7-8-11/h2-6,11,13,15H,7-10H2,1H3. The molecule has 1 N–H and O–H groups in total. The summed E-state index contributed by atoms with van der Waals surface area (Å²) in [5, 5.41) is 3.28. The molecule has 1 aromatic rings. The summed E-state index contributed by atoms with van der Waals surface area (Å²) in [6, 6.07) is 9.39. The zero-order chi connectivity index (χ0) is 12.1. The number of carbonyl (C=O) groups excluding carboxylic acids is 1. The van der Waals surface area contributed by atoms with Gasteiger partial charge < -0.3 is 10.1 Å². The predicted molar refractivity (Wildman–Crippen MR) is 66.5 cm³/mol. The Kier molecular flexibility index (Phi) is 4.15. The van der Waals surface area contributed by atoms with Crippen LogP contribution < -0.4 is 5.32 Å². The molecule has 1 aliphatic carbocycles. The third-order valence-electron chi connectivity index (χ3n) is 3.17. The van der Waals surface area contributed by atoms with Crippen LogP contribution in [0.25, 0.3) is 0 Å². The lowest BCUT2D eigenvalue weighted by Crippen LogP contribution is -2.30. The minimum absolute atomic E-state index is 0.216. The quantitative estimate of drug-likeness (QED) is 0.766. The van der Waals surface area contributed by atoms with Crippen LogP contribution in [0.3, 0.4) is 0 Å². The van der Waals surface area contributed by atoms with E-state index in [0.29, 0.717) is 0 Å². The van der Waals surface area contributed by atoms with Crippen LogP contribution in [0.2, 0.25) is 0 Å². The molecule has 0 amide bonds. The molecule has 1 atom stereocenters. The second-order valence-corrected chi connectivity index (χ2v) is 4.55. The van der Waals surface area contributed by atoms with E-state index in [2.05, 4.69) is 5.32 Å². The summed E-state index contributed by atoms with van der Waals surface area (Å²) in [6.07, 6.45) is 3.84. The van der Waals surface area contributed by atoms with Crippen LogP contribution in [-0.2, 0) is 9.53 Å². The van der Waals surface area contributed by atoms with Crippen LogP contribution in [0.5, 0.6) is 0 Å². The summed E-state index contributed by atoms with van der Waals surface area (Å²) in [5.41, 5.74) is 0.968. The summed E-state index contributed by atoms with van der Waals surface area (Å²) in [5.74, 6) is 0.656. The van der Waals surface area contributed by atoms with Crippen molar-refractivity contribution in [1.29, 1.82) is 0 Å². The first-order valence-electron chi connectivity index (χ1n) is 6.17. The van der Waals surface area contributed by atoms with Gasteiger partial charge in [-0.2, -0.15) is 0 Å². The summed E-state index contributed by atoms with van der Waals surface area (Å²) >= 11 is 0. The number of hydrogen-bond acceptors (Lipinski definition) is 3. The second-order valence-electron chi connectivity index (χ2n) is 4.55. The van der Waals surface area contributed by atoms with Gasteiger partial charge in [-0.15, -0.1) is 0 Å². The fourth-order valence-electron chi connectivity index (χ4n) is 1.94. The van der Waals surface area contributed by atoms with Crippen molar-refractivity contribution in [2.75, 3.05) is 13.7 Å². The molecule has 0 aliphatic heterocycles. The molecule has 1 fully saturated rings. The lowest BCUT2D eigenvalue weighted by molar-refractivity contribution is -0.143. The Bertz CT molecular complexity index is 360. The number of ether oxygens (including phenoxy) is 1. The van der Waals surface area contributed by atoms with Gasteiger partial charge in [0.1, 0.15) is 6.04 Å². The number of carbonyl (C=O) groups is 1. The Morgan fingerprint density at radius 1 is 1.41 bits per heavy atom. The van der Waals surface area contributed by atoms with E-state index in [1.807, 2.05) is 30.3 Å². The highest BCUT2D eigenvalue weighted by Gasteiger charge is 2.23. The number of hydrogen-bond donors (Lipinski definition) is 1. The van der Waals surface area contributed by atoms with E-state index in [-0.39, 0.29) is 12.0 Å². The van der Waals surface area contributed by atoms with Crippen molar-refractivity contribution in [2.24, 2.45) is 5.92 Å². The zero-order valence-electron chi connectivity index (χ0n) is 10.2. The van der Waals surface area contributed by atoms with Crippen LogP contribution in [0.1, 0.15) is 30.9 Å². The van der Waals surface area contributed by atoms with Crippen molar-refractivity contribution < 1.29 is 9.53 Å². The number of benzene rings is 1. The molecule has 1 aliphatic rings. The van der Waals surface area contributed by atoms with E-state index >= 15 is 0 Å². The first-order valence-corrected chi connectivity index (χ1v) is 6.17. The van der Waals surface area contributed by atoms with Crippen molar-refractivity contribution in [1.82, 2.24) is 5.32 Å². The maximum Gasteiger partial charge on any atom is 0.327 e. The van der Waals surface area contributed by atoms with Crippen molar-refractivity contribution >= 4 is 5.97 Å². The molecule has 92 valence electrons. The summed E-state index contributed by atoms with van der Waals surface area (Å²) in [6.45, 7) is 0.874. The normalized spacial score (nSPS) is 16.5. The highest BCUT2D eigenvalue weighted by Crippen LogP contribution is 2.32. The van der Waals surface area contributed by atoms with Gasteiger partial charge in [-0.1, -0.05) is 43.2 Å². The Labute approximate surface area is 102 Å². The van der Waals surface area contributed by atoms with E-state index in [0.717, 1.165) is 24.4 Å². The highest BCUT2D eigenvalue weighted by molar-refractivity contribution is 5.77. The average Bonchev–Trinajstić information content (AvgIpc) is 3.19. The molecule has 3 heteroatoms. The van der Waals surface area contributed by atoms with Gasteiger partial charge in [-0.25, -0.2) is 4.79 Å². The smallest absolute Gasteiger partial charge is 0.327 e. The lowest BCUT2D eigenvalue weighted by atomic mass is 10.1. The number of esters is 1. The Morgan fingerprint density at radius 3 is 2.71 bits per heavy atom. The van der Waals surface area contributed by atoms with Crippen molar-refractivity contribution in [2.45, 2.75) is 25.3 Å². The first-order chi connectivity index (χ1) is 8.31. The van der Waals surface area contributed by atoms with Crippen molar-refractivity contribution in [3.8, 4) is 0 Å². The highest BCUT2D eigenvalue weighted by atomic mass is 16.5. The van der Waals surface area contributed by atoms with E-state index in [9.17, 15) is 4.79 Å². The maximum atomic E-state index is 11.7. The molecule has 3 nitrogen and oxygen atoms in total. The van der Waals surface area contributed by atoms with E-state index in [1.165, 1.54) is 20.0 Å². The summed E-state index contributed by atoms with van der Waals surface area (Å²) < 4.78 is 4.84. The minimum Gasteiger partial charge on any atom is -0.468 e. The third kappa shape index (κ3) is 3.56. The van der Waals surface area contributed by atoms with Crippen LogP contribution in [0.15, 0.2) is 30.3 Å². The Morgan fingerprint density at radius 2 is 2.12 bits per heavy atom. The monoisotopic (exact) mass is 233 g/mol. The molecule has 1 unspecified atom stereocenters. The average molecular weight is 233 g/mol. The fourth-order valence-corrected chi connectivity index (χ4v) is 1.94. The Balaban J connectivity index is 1.94. The zero-order valence-corrected chi connectivity index (χ0v) is 10.2. The van der Waals surface area contributed by atoms with Gasteiger partial charge >= 0.3 is 5.97 Å². The molecule has 0 spiro atoms. The molecular formula is C14H19NO2. The molecule has 17 heavy (non-hydrogen) atoms. The first kappa shape index (κ1) is 12.1. The third-order valence-corrected chi connectivity index (χ3v) is 3.17. The van der Waals surface area contributed by atoms with Gasteiger partial charge in [0.05, 0.1) is 7.11 Å².